The summed E-state index contributed by atoms with van der Waals surface area (Å²) >= 11 is 5.43. The minimum absolute atomic E-state index is 0.559. The topological polar surface area (TPSA) is 24.9 Å². The molecule has 2 atom stereocenters. The van der Waals surface area contributed by atoms with E-state index >= 15 is 0 Å². The molecule has 0 radical (unpaired) electrons. The second-order valence-corrected chi connectivity index (χ2v) is 6.12. The predicted octanol–water partition coefficient (Wildman–Crippen LogP) is 4.10. The van der Waals surface area contributed by atoms with Crippen LogP contribution in [0.25, 0.3) is 0 Å². The molecule has 2 unspecified atom stereocenters. The lowest BCUT2D eigenvalue weighted by Gasteiger charge is -2.25. The van der Waals surface area contributed by atoms with Gasteiger partial charge in [0.05, 0.1) is 0 Å². The van der Waals surface area contributed by atoms with Gasteiger partial charge in [0.15, 0.2) is 0 Å². The van der Waals surface area contributed by atoms with E-state index in [-0.39, 0.29) is 0 Å². The van der Waals surface area contributed by atoms with E-state index < -0.39 is 0 Å². The van der Waals surface area contributed by atoms with E-state index in [2.05, 4.69) is 53.2 Å². The molecule has 0 amide bonds. The van der Waals surface area contributed by atoms with Crippen LogP contribution in [-0.2, 0) is 0 Å². The smallest absolute Gasteiger partial charge is 0.110 e. The minimum Gasteiger partial charge on any atom is -0.316 e. The van der Waals surface area contributed by atoms with E-state index in [9.17, 15) is 0 Å². The number of halogens is 1. The number of nitrogens with one attached hydrogen (secondary N) is 1. The molecule has 2 nitrogen and oxygen atoms in total. The molecule has 17 heavy (non-hydrogen) atoms. The van der Waals surface area contributed by atoms with Crippen LogP contribution in [0.3, 0.4) is 0 Å². The van der Waals surface area contributed by atoms with Crippen molar-refractivity contribution in [2.24, 2.45) is 0 Å². The average molecular weight is 317 g/mol. The second kappa shape index (κ2) is 8.11. The molecule has 0 aliphatic heterocycles. The maximum atomic E-state index is 4.43. The molecule has 0 aromatic carbocycles. The molecule has 1 N–H and O–H groups in total. The van der Waals surface area contributed by atoms with E-state index in [1.54, 1.807) is 0 Å². The van der Waals surface area contributed by atoms with Crippen molar-refractivity contribution in [2.75, 3.05) is 7.05 Å². The lowest BCUT2D eigenvalue weighted by Crippen LogP contribution is -2.35. The normalized spacial score (nSPS) is 14.6. The zero-order chi connectivity index (χ0) is 12.7. The molecule has 0 fully saturated rings. The van der Waals surface area contributed by atoms with Crippen LogP contribution in [-0.4, -0.2) is 23.3 Å². The SMILES string of the molecule is CCCC(NC)C(CC)Sc1ncccc1Br. The number of rotatable bonds is 7. The molecule has 1 aromatic heterocycles. The van der Waals surface area contributed by atoms with Crippen LogP contribution in [0.15, 0.2) is 27.8 Å². The first-order chi connectivity index (χ1) is 8.22. The van der Waals surface area contributed by atoms with Crippen molar-refractivity contribution >= 4 is 27.7 Å². The first-order valence-electron chi connectivity index (χ1n) is 6.17. The van der Waals surface area contributed by atoms with E-state index in [4.69, 9.17) is 0 Å². The van der Waals surface area contributed by atoms with Crippen molar-refractivity contribution in [1.82, 2.24) is 10.3 Å². The van der Waals surface area contributed by atoms with Gasteiger partial charge in [0, 0.05) is 22.0 Å². The zero-order valence-corrected chi connectivity index (χ0v) is 13.1. The lowest BCUT2D eigenvalue weighted by atomic mass is 10.1. The molecule has 1 heterocycles. The predicted molar refractivity (Wildman–Crippen MR) is 79.6 cm³/mol. The molecule has 1 rings (SSSR count). The quantitative estimate of drug-likeness (QED) is 0.766. The summed E-state index contributed by atoms with van der Waals surface area (Å²) < 4.78 is 1.09. The highest BCUT2D eigenvalue weighted by Gasteiger charge is 2.20. The largest absolute Gasteiger partial charge is 0.316 e. The number of thioether (sulfide) groups is 1. The highest BCUT2D eigenvalue weighted by molar-refractivity contribution is 9.10. The Kier molecular flexibility index (Phi) is 7.16. The van der Waals surface area contributed by atoms with Crippen molar-refractivity contribution in [1.29, 1.82) is 0 Å². The van der Waals surface area contributed by atoms with Crippen LogP contribution in [0, 0.1) is 0 Å². The Labute approximate surface area is 117 Å². The third-order valence-corrected chi connectivity index (χ3v) is 5.22. The molecule has 0 spiro atoms. The maximum absolute atomic E-state index is 4.43. The van der Waals surface area contributed by atoms with E-state index in [0.29, 0.717) is 11.3 Å². The molecule has 4 heteroatoms. The van der Waals surface area contributed by atoms with Crippen LogP contribution in [0.5, 0.6) is 0 Å². The summed E-state index contributed by atoms with van der Waals surface area (Å²) in [4.78, 5) is 4.43. The van der Waals surface area contributed by atoms with Gasteiger partial charge in [-0.15, -0.1) is 11.8 Å². The molecular weight excluding hydrogens is 296 g/mol. The third kappa shape index (κ3) is 4.60. The van der Waals surface area contributed by atoms with Crippen LogP contribution >= 0.6 is 27.7 Å². The average Bonchev–Trinajstić information content (AvgIpc) is 2.35. The Balaban J connectivity index is 2.72. The summed E-state index contributed by atoms with van der Waals surface area (Å²) in [6.07, 6.45) is 5.44. The van der Waals surface area contributed by atoms with E-state index in [0.717, 1.165) is 15.9 Å². The summed E-state index contributed by atoms with van der Waals surface area (Å²) in [5.41, 5.74) is 0. The molecule has 0 saturated heterocycles. The summed E-state index contributed by atoms with van der Waals surface area (Å²) in [6, 6.07) is 4.57. The Hall–Kier alpha value is -0.0600. The van der Waals surface area contributed by atoms with Crippen molar-refractivity contribution < 1.29 is 0 Å². The highest BCUT2D eigenvalue weighted by atomic mass is 79.9. The Morgan fingerprint density at radius 1 is 1.47 bits per heavy atom. The van der Waals surface area contributed by atoms with Crippen molar-refractivity contribution in [3.05, 3.63) is 22.8 Å². The summed E-state index contributed by atoms with van der Waals surface area (Å²) in [6.45, 7) is 4.48. The van der Waals surface area contributed by atoms with Crippen LogP contribution in [0.2, 0.25) is 0 Å². The molecule has 1 aromatic rings. The van der Waals surface area contributed by atoms with Gasteiger partial charge < -0.3 is 5.32 Å². The van der Waals surface area contributed by atoms with Gasteiger partial charge in [-0.2, -0.15) is 0 Å². The Morgan fingerprint density at radius 3 is 2.76 bits per heavy atom. The maximum Gasteiger partial charge on any atom is 0.110 e. The number of aromatic nitrogens is 1. The molecular formula is C13H21BrN2S. The fourth-order valence-electron chi connectivity index (χ4n) is 1.88. The van der Waals surface area contributed by atoms with Crippen LogP contribution in [0.4, 0.5) is 0 Å². The summed E-state index contributed by atoms with van der Waals surface area (Å²) in [5, 5.41) is 5.10. The molecule has 0 aliphatic carbocycles. The highest BCUT2D eigenvalue weighted by Crippen LogP contribution is 2.32. The number of hydrogen-bond acceptors (Lipinski definition) is 3. The van der Waals surface area contributed by atoms with E-state index in [1.165, 1.54) is 12.8 Å². The van der Waals surface area contributed by atoms with E-state index in [1.807, 2.05) is 24.0 Å². The molecule has 0 aliphatic rings. The number of nitrogens with zero attached hydrogens (tertiary/aromatic N) is 1. The van der Waals surface area contributed by atoms with Crippen LogP contribution in [0.1, 0.15) is 33.1 Å². The first kappa shape index (κ1) is 15.0. The molecule has 0 saturated carbocycles. The number of pyridine rings is 1. The van der Waals surface area contributed by atoms with Gasteiger partial charge in [-0.05, 0) is 48.0 Å². The third-order valence-electron chi connectivity index (χ3n) is 2.81. The standard InChI is InChI=1S/C13H21BrN2S/c1-4-7-11(15-3)12(5-2)17-13-10(14)8-6-9-16-13/h6,8-9,11-12,15H,4-5,7H2,1-3H3. The summed E-state index contributed by atoms with van der Waals surface area (Å²) in [5.74, 6) is 0. The van der Waals surface area contributed by atoms with Crippen molar-refractivity contribution in [3.63, 3.8) is 0 Å². The Bertz CT molecular complexity index is 333. The van der Waals surface area contributed by atoms with Crippen molar-refractivity contribution in [2.45, 2.75) is 49.4 Å². The monoisotopic (exact) mass is 316 g/mol. The van der Waals surface area contributed by atoms with Gasteiger partial charge in [-0.3, -0.25) is 0 Å². The minimum atomic E-state index is 0.559. The summed E-state index contributed by atoms with van der Waals surface area (Å²) in [7, 11) is 2.05. The van der Waals surface area contributed by atoms with Crippen molar-refractivity contribution in [3.8, 4) is 0 Å². The fourth-order valence-corrected chi connectivity index (χ4v) is 3.61. The molecule has 96 valence electrons. The van der Waals surface area contributed by atoms with Gasteiger partial charge >= 0.3 is 0 Å². The van der Waals surface area contributed by atoms with Gasteiger partial charge in [0.2, 0.25) is 0 Å². The Morgan fingerprint density at radius 2 is 2.24 bits per heavy atom. The number of hydrogen-bond donors (Lipinski definition) is 1. The lowest BCUT2D eigenvalue weighted by molar-refractivity contribution is 0.490. The van der Waals surface area contributed by atoms with Crippen LogP contribution < -0.4 is 5.32 Å². The molecule has 0 bridgehead atoms. The fraction of sp³-hybridized carbons (Fsp3) is 0.615. The van der Waals surface area contributed by atoms with Gasteiger partial charge in [-0.1, -0.05) is 20.3 Å². The zero-order valence-electron chi connectivity index (χ0n) is 10.7. The second-order valence-electron chi connectivity index (χ2n) is 4.04. The van der Waals surface area contributed by atoms with Gasteiger partial charge in [-0.25, -0.2) is 4.98 Å². The van der Waals surface area contributed by atoms with Gasteiger partial charge in [0.1, 0.15) is 5.03 Å². The first-order valence-corrected chi connectivity index (χ1v) is 7.84. The van der Waals surface area contributed by atoms with Gasteiger partial charge in [0.25, 0.3) is 0 Å².